The van der Waals surface area contributed by atoms with Crippen LogP contribution < -0.4 is 5.32 Å². The zero-order valence-electron chi connectivity index (χ0n) is 28.0. The standard InChI is InChI=1S/C37H54N2O6/c1-6-7-8-9-10-11-12-13-14-15-16-17-18-19-20-26-33(40)43-27-23-28-44-34(41)37(5,39-35(42)45-36(2,3)4)31-29-38-32-25-22-21-24-30(31)32/h10-11,13-14,16-17,21-22,24-25,29,38H,6-9,12,15,18-20,23,26-28H2,1-5H3,(H,39,42). The van der Waals surface area contributed by atoms with Gasteiger partial charge in [-0.2, -0.15) is 0 Å². The molecule has 1 heterocycles. The van der Waals surface area contributed by atoms with Crippen molar-refractivity contribution in [2.45, 2.75) is 116 Å². The number of esters is 2. The highest BCUT2D eigenvalue weighted by molar-refractivity contribution is 5.94. The smallest absolute Gasteiger partial charge is 0.408 e. The summed E-state index contributed by atoms with van der Waals surface area (Å²) < 4.78 is 16.3. The van der Waals surface area contributed by atoms with E-state index in [0.717, 1.165) is 43.0 Å². The van der Waals surface area contributed by atoms with Crippen LogP contribution in [0.4, 0.5) is 4.79 Å². The molecule has 1 aromatic carbocycles. The zero-order valence-corrected chi connectivity index (χ0v) is 28.0. The van der Waals surface area contributed by atoms with Gasteiger partial charge >= 0.3 is 18.0 Å². The minimum absolute atomic E-state index is 0.0363. The number of hydrogen-bond donors (Lipinski definition) is 2. The summed E-state index contributed by atoms with van der Waals surface area (Å²) in [6.07, 6.45) is 24.4. The van der Waals surface area contributed by atoms with E-state index in [4.69, 9.17) is 14.2 Å². The number of alkyl carbamates (subject to hydrolysis) is 1. The molecule has 1 atom stereocenters. The Labute approximate surface area is 269 Å². The average molecular weight is 623 g/mol. The van der Waals surface area contributed by atoms with Crippen LogP contribution in [0.15, 0.2) is 66.9 Å². The van der Waals surface area contributed by atoms with E-state index < -0.39 is 23.2 Å². The second-order valence-electron chi connectivity index (χ2n) is 12.3. The fourth-order valence-corrected chi connectivity index (χ4v) is 4.67. The van der Waals surface area contributed by atoms with Crippen LogP contribution >= 0.6 is 0 Å². The molecule has 45 heavy (non-hydrogen) atoms. The third kappa shape index (κ3) is 14.7. The number of carbonyl (C=O) groups is 3. The third-order valence-corrected chi connectivity index (χ3v) is 7.09. The van der Waals surface area contributed by atoms with Crippen molar-refractivity contribution in [2.24, 2.45) is 0 Å². The van der Waals surface area contributed by atoms with Gasteiger partial charge in [-0.3, -0.25) is 4.79 Å². The van der Waals surface area contributed by atoms with Crippen LogP contribution in [0.3, 0.4) is 0 Å². The number of amides is 1. The van der Waals surface area contributed by atoms with E-state index in [9.17, 15) is 14.4 Å². The number of aromatic nitrogens is 1. The molecule has 2 N–H and O–H groups in total. The van der Waals surface area contributed by atoms with Crippen molar-refractivity contribution in [3.05, 3.63) is 72.5 Å². The van der Waals surface area contributed by atoms with Crippen molar-refractivity contribution in [1.82, 2.24) is 10.3 Å². The summed E-state index contributed by atoms with van der Waals surface area (Å²) >= 11 is 0. The number of H-pyrrole nitrogens is 1. The van der Waals surface area contributed by atoms with Gasteiger partial charge in [0.2, 0.25) is 0 Å². The Hall–Kier alpha value is -3.81. The zero-order chi connectivity index (χ0) is 33.0. The van der Waals surface area contributed by atoms with Crippen molar-refractivity contribution >= 4 is 28.9 Å². The van der Waals surface area contributed by atoms with E-state index in [1.54, 1.807) is 33.9 Å². The van der Waals surface area contributed by atoms with Gasteiger partial charge in [0.1, 0.15) is 5.60 Å². The number of hydrogen-bond acceptors (Lipinski definition) is 6. The van der Waals surface area contributed by atoms with Gasteiger partial charge < -0.3 is 24.5 Å². The van der Waals surface area contributed by atoms with Gasteiger partial charge in [0, 0.05) is 35.5 Å². The van der Waals surface area contributed by atoms with Gasteiger partial charge in [0.05, 0.1) is 13.2 Å². The van der Waals surface area contributed by atoms with Gasteiger partial charge in [-0.15, -0.1) is 0 Å². The number of carbonyl (C=O) groups excluding carboxylic acids is 3. The minimum atomic E-state index is -1.51. The van der Waals surface area contributed by atoms with Crippen molar-refractivity contribution < 1.29 is 28.6 Å². The molecule has 1 unspecified atom stereocenters. The van der Waals surface area contributed by atoms with E-state index in [2.05, 4.69) is 53.7 Å². The third-order valence-electron chi connectivity index (χ3n) is 7.09. The molecule has 0 saturated carbocycles. The van der Waals surface area contributed by atoms with Crippen molar-refractivity contribution in [2.75, 3.05) is 13.2 Å². The highest BCUT2D eigenvalue weighted by Gasteiger charge is 2.41. The van der Waals surface area contributed by atoms with Crippen molar-refractivity contribution in [3.63, 3.8) is 0 Å². The largest absolute Gasteiger partial charge is 0.466 e. The molecule has 8 heteroatoms. The minimum Gasteiger partial charge on any atom is -0.466 e. The van der Waals surface area contributed by atoms with Crippen molar-refractivity contribution in [1.29, 1.82) is 0 Å². The number of fused-ring (bicyclic) bond motifs is 1. The number of allylic oxidation sites excluding steroid dienone is 6. The topological polar surface area (TPSA) is 107 Å². The van der Waals surface area contributed by atoms with Gasteiger partial charge in [0.15, 0.2) is 5.54 Å². The SMILES string of the molecule is CCCCCC=CCC=CCC=CCCCCC(=O)OCCCOC(=O)C(C)(NC(=O)OC(C)(C)C)c1c[nH]c2ccccc12. The van der Waals surface area contributed by atoms with E-state index in [-0.39, 0.29) is 19.2 Å². The summed E-state index contributed by atoms with van der Waals surface area (Å²) in [6, 6.07) is 7.50. The van der Waals surface area contributed by atoms with Gasteiger partial charge in [-0.1, -0.05) is 74.4 Å². The lowest BCUT2D eigenvalue weighted by atomic mass is 9.91. The molecule has 0 bridgehead atoms. The van der Waals surface area contributed by atoms with Crippen LogP contribution in [0.25, 0.3) is 10.9 Å². The Bertz CT molecular complexity index is 1270. The molecule has 0 radical (unpaired) electrons. The summed E-state index contributed by atoms with van der Waals surface area (Å²) in [4.78, 5) is 41.3. The summed E-state index contributed by atoms with van der Waals surface area (Å²) in [7, 11) is 0. The molecule has 248 valence electrons. The molecular formula is C37H54N2O6. The molecular weight excluding hydrogens is 568 g/mol. The van der Waals surface area contributed by atoms with Crippen LogP contribution in [0.2, 0.25) is 0 Å². The van der Waals surface area contributed by atoms with E-state index >= 15 is 0 Å². The number of benzene rings is 1. The molecule has 0 spiro atoms. The normalized spacial score (nSPS) is 13.4. The summed E-state index contributed by atoms with van der Waals surface area (Å²) in [5, 5.41) is 3.50. The van der Waals surface area contributed by atoms with Crippen LogP contribution in [-0.4, -0.2) is 41.8 Å². The Morgan fingerprint density at radius 2 is 1.42 bits per heavy atom. The summed E-state index contributed by atoms with van der Waals surface area (Å²) in [5.74, 6) is -0.895. The number of para-hydroxylation sites is 1. The van der Waals surface area contributed by atoms with Gasteiger partial charge in [0.25, 0.3) is 0 Å². The quantitative estimate of drug-likeness (QED) is 0.0661. The summed E-state index contributed by atoms with van der Waals surface area (Å²) in [5.41, 5.74) is -0.858. The maximum atomic E-state index is 13.3. The number of aromatic amines is 1. The fraction of sp³-hybridized carbons (Fsp3) is 0.541. The lowest BCUT2D eigenvalue weighted by Crippen LogP contribution is -2.51. The highest BCUT2D eigenvalue weighted by atomic mass is 16.6. The average Bonchev–Trinajstić information content (AvgIpc) is 3.43. The second kappa shape index (κ2) is 20.3. The Morgan fingerprint density at radius 1 is 0.800 bits per heavy atom. The first-order valence-electron chi connectivity index (χ1n) is 16.4. The Balaban J connectivity index is 1.67. The van der Waals surface area contributed by atoms with Gasteiger partial charge in [-0.25, -0.2) is 9.59 Å². The lowest BCUT2D eigenvalue weighted by molar-refractivity contribution is -0.152. The Morgan fingerprint density at radius 3 is 2.09 bits per heavy atom. The van der Waals surface area contributed by atoms with Crippen LogP contribution in [0.1, 0.15) is 111 Å². The first kappa shape index (κ1) is 37.4. The molecule has 1 aromatic heterocycles. The van der Waals surface area contributed by atoms with E-state index in [1.165, 1.54) is 25.7 Å². The molecule has 0 aliphatic heterocycles. The van der Waals surface area contributed by atoms with Crippen LogP contribution in [0.5, 0.6) is 0 Å². The van der Waals surface area contributed by atoms with Crippen molar-refractivity contribution in [3.8, 4) is 0 Å². The fourth-order valence-electron chi connectivity index (χ4n) is 4.67. The number of nitrogens with one attached hydrogen (secondary N) is 2. The predicted molar refractivity (Wildman–Crippen MR) is 181 cm³/mol. The molecule has 2 aromatic rings. The Kier molecular flexibility index (Phi) is 16.8. The predicted octanol–water partition coefficient (Wildman–Crippen LogP) is 8.97. The molecule has 0 aliphatic rings. The highest BCUT2D eigenvalue weighted by Crippen LogP contribution is 2.30. The number of unbranched alkanes of at least 4 members (excludes halogenated alkanes) is 5. The monoisotopic (exact) mass is 622 g/mol. The summed E-state index contributed by atoms with van der Waals surface area (Å²) in [6.45, 7) is 9.26. The van der Waals surface area contributed by atoms with Crippen LogP contribution in [-0.2, 0) is 29.3 Å². The maximum Gasteiger partial charge on any atom is 0.408 e. The molecule has 8 nitrogen and oxygen atoms in total. The second-order valence-corrected chi connectivity index (χ2v) is 12.3. The van der Waals surface area contributed by atoms with E-state index in [0.29, 0.717) is 18.4 Å². The van der Waals surface area contributed by atoms with Crippen LogP contribution in [0, 0.1) is 0 Å². The van der Waals surface area contributed by atoms with E-state index in [1.807, 2.05) is 24.3 Å². The first-order valence-corrected chi connectivity index (χ1v) is 16.4. The molecule has 0 fully saturated rings. The number of rotatable bonds is 20. The van der Waals surface area contributed by atoms with Gasteiger partial charge in [-0.05, 0) is 78.7 Å². The molecule has 2 rings (SSSR count). The first-order chi connectivity index (χ1) is 21.6. The lowest BCUT2D eigenvalue weighted by Gasteiger charge is -2.30. The molecule has 0 aliphatic carbocycles. The molecule has 0 saturated heterocycles. The molecule has 1 amide bonds. The maximum absolute atomic E-state index is 13.3. The number of ether oxygens (including phenoxy) is 3.